The van der Waals surface area contributed by atoms with Gasteiger partial charge in [-0.3, -0.25) is 9.80 Å². The maximum atomic E-state index is 5.51. The Labute approximate surface area is 156 Å². The van der Waals surface area contributed by atoms with Gasteiger partial charge in [0.25, 0.3) is 0 Å². The van der Waals surface area contributed by atoms with E-state index < -0.39 is 0 Å². The zero-order chi connectivity index (χ0) is 18.5. The first-order chi connectivity index (χ1) is 12.6. The Kier molecular flexibility index (Phi) is 6.27. The Bertz CT molecular complexity index is 675. The van der Waals surface area contributed by atoms with Crippen LogP contribution >= 0.6 is 0 Å². The molecule has 0 radical (unpaired) electrons. The van der Waals surface area contributed by atoms with Gasteiger partial charge in [-0.25, -0.2) is 0 Å². The molecule has 0 aliphatic carbocycles. The van der Waals surface area contributed by atoms with Crippen LogP contribution in [0.5, 0.6) is 5.75 Å². The smallest absolute Gasteiger partial charge is 0.243 e. The molecule has 0 N–H and O–H groups in total. The Morgan fingerprint density at radius 3 is 2.35 bits per heavy atom. The number of nitrogens with zero attached hydrogens (tertiary/aromatic N) is 4. The topological polar surface area (TPSA) is 54.6 Å². The van der Waals surface area contributed by atoms with E-state index in [-0.39, 0.29) is 6.04 Å². The Balaban J connectivity index is 1.50. The van der Waals surface area contributed by atoms with Gasteiger partial charge in [0.05, 0.1) is 12.6 Å². The highest BCUT2D eigenvalue weighted by atomic mass is 16.5. The minimum Gasteiger partial charge on any atom is -0.494 e. The van der Waals surface area contributed by atoms with Crippen molar-refractivity contribution >= 4 is 0 Å². The summed E-state index contributed by atoms with van der Waals surface area (Å²) in [7, 11) is 0. The van der Waals surface area contributed by atoms with E-state index in [2.05, 4.69) is 65.0 Å². The number of ether oxygens (including phenoxy) is 1. The van der Waals surface area contributed by atoms with Crippen molar-refractivity contribution in [2.45, 2.75) is 46.2 Å². The predicted octanol–water partition coefficient (Wildman–Crippen LogP) is 3.47. The fourth-order valence-electron chi connectivity index (χ4n) is 3.23. The second kappa shape index (κ2) is 8.64. The molecule has 0 amide bonds. The molecule has 0 saturated carbocycles. The lowest BCUT2D eigenvalue weighted by molar-refractivity contribution is 0.0845. The van der Waals surface area contributed by atoms with E-state index in [4.69, 9.17) is 9.26 Å². The third kappa shape index (κ3) is 4.62. The molecule has 2 aromatic rings. The Morgan fingerprint density at radius 2 is 1.77 bits per heavy atom. The molecule has 1 aliphatic rings. The molecule has 0 spiro atoms. The maximum Gasteiger partial charge on any atom is 0.243 e. The van der Waals surface area contributed by atoms with Crippen LogP contribution in [0.15, 0.2) is 28.8 Å². The third-order valence-corrected chi connectivity index (χ3v) is 4.93. The Hall–Kier alpha value is -1.92. The van der Waals surface area contributed by atoms with Gasteiger partial charge in [-0.2, -0.15) is 4.98 Å². The van der Waals surface area contributed by atoms with Gasteiger partial charge in [0, 0.05) is 38.6 Å². The summed E-state index contributed by atoms with van der Waals surface area (Å²) in [5, 5.41) is 4.09. The molecule has 1 atom stereocenters. The number of rotatable bonds is 7. The number of piperazine rings is 1. The zero-order valence-electron chi connectivity index (χ0n) is 16.3. The second-order valence-electron chi connectivity index (χ2n) is 7.21. The quantitative estimate of drug-likeness (QED) is 0.755. The molecular formula is C20H30N4O2. The minimum absolute atomic E-state index is 0.169. The van der Waals surface area contributed by atoms with Gasteiger partial charge in [0.2, 0.25) is 5.89 Å². The summed E-state index contributed by atoms with van der Waals surface area (Å²) in [6.07, 6.45) is 0. The highest BCUT2D eigenvalue weighted by Crippen LogP contribution is 2.22. The molecule has 2 heterocycles. The van der Waals surface area contributed by atoms with E-state index in [1.807, 2.05) is 6.92 Å². The van der Waals surface area contributed by atoms with Crippen LogP contribution in [-0.4, -0.2) is 52.7 Å². The Morgan fingerprint density at radius 1 is 1.08 bits per heavy atom. The third-order valence-electron chi connectivity index (χ3n) is 4.93. The van der Waals surface area contributed by atoms with E-state index in [1.54, 1.807) is 0 Å². The van der Waals surface area contributed by atoms with Gasteiger partial charge >= 0.3 is 0 Å². The molecule has 1 aromatic carbocycles. The fourth-order valence-corrected chi connectivity index (χ4v) is 3.23. The number of aromatic nitrogens is 2. The molecule has 142 valence electrons. The summed E-state index contributed by atoms with van der Waals surface area (Å²) < 4.78 is 11.0. The van der Waals surface area contributed by atoms with Gasteiger partial charge in [0.1, 0.15) is 5.75 Å². The van der Waals surface area contributed by atoms with Gasteiger partial charge < -0.3 is 9.26 Å². The zero-order valence-corrected chi connectivity index (χ0v) is 16.3. The highest BCUT2D eigenvalue weighted by molar-refractivity contribution is 5.27. The lowest BCUT2D eigenvalue weighted by Crippen LogP contribution is -2.46. The first-order valence-electron chi connectivity index (χ1n) is 9.58. The molecule has 6 nitrogen and oxygen atoms in total. The van der Waals surface area contributed by atoms with Crippen LogP contribution in [0.3, 0.4) is 0 Å². The minimum atomic E-state index is 0.169. The largest absolute Gasteiger partial charge is 0.494 e. The van der Waals surface area contributed by atoms with Crippen molar-refractivity contribution in [3.8, 4) is 5.75 Å². The fraction of sp³-hybridized carbons (Fsp3) is 0.600. The van der Waals surface area contributed by atoms with Gasteiger partial charge in [-0.1, -0.05) is 31.1 Å². The molecule has 1 aromatic heterocycles. The van der Waals surface area contributed by atoms with Gasteiger partial charge in [-0.15, -0.1) is 0 Å². The summed E-state index contributed by atoms with van der Waals surface area (Å²) in [6, 6.07) is 8.60. The molecule has 1 saturated heterocycles. The molecular weight excluding hydrogens is 328 g/mol. The van der Waals surface area contributed by atoms with Crippen molar-refractivity contribution in [3.63, 3.8) is 0 Å². The van der Waals surface area contributed by atoms with Crippen molar-refractivity contribution in [1.29, 1.82) is 0 Å². The van der Waals surface area contributed by atoms with E-state index in [0.717, 1.165) is 50.2 Å². The van der Waals surface area contributed by atoms with E-state index >= 15 is 0 Å². The van der Waals surface area contributed by atoms with Crippen LogP contribution in [0.2, 0.25) is 0 Å². The first kappa shape index (κ1) is 18.9. The summed E-state index contributed by atoms with van der Waals surface area (Å²) >= 11 is 0. The number of hydrogen-bond donors (Lipinski definition) is 0. The average Bonchev–Trinajstić information content (AvgIpc) is 3.14. The molecule has 0 bridgehead atoms. The summed E-state index contributed by atoms with van der Waals surface area (Å²) in [4.78, 5) is 9.47. The van der Waals surface area contributed by atoms with Crippen LogP contribution < -0.4 is 4.74 Å². The molecule has 1 aliphatic heterocycles. The molecule has 3 rings (SSSR count). The van der Waals surface area contributed by atoms with Crippen molar-refractivity contribution in [2.75, 3.05) is 32.8 Å². The second-order valence-corrected chi connectivity index (χ2v) is 7.21. The predicted molar refractivity (Wildman–Crippen MR) is 101 cm³/mol. The lowest BCUT2D eigenvalue weighted by Gasteiger charge is -2.36. The van der Waals surface area contributed by atoms with Crippen molar-refractivity contribution in [3.05, 3.63) is 41.5 Å². The number of benzene rings is 1. The normalized spacial score (nSPS) is 17.6. The summed E-state index contributed by atoms with van der Waals surface area (Å²) in [5.41, 5.74) is 1.33. The van der Waals surface area contributed by atoms with E-state index in [0.29, 0.717) is 12.5 Å². The van der Waals surface area contributed by atoms with Crippen LogP contribution in [0.25, 0.3) is 0 Å². The molecule has 26 heavy (non-hydrogen) atoms. The molecule has 6 heteroatoms. The van der Waals surface area contributed by atoms with E-state index in [1.165, 1.54) is 5.56 Å². The van der Waals surface area contributed by atoms with Crippen LogP contribution in [0.4, 0.5) is 0 Å². The number of hydrogen-bond acceptors (Lipinski definition) is 6. The van der Waals surface area contributed by atoms with Crippen LogP contribution in [0, 0.1) is 0 Å². The van der Waals surface area contributed by atoms with Gasteiger partial charge in [-0.05, 0) is 31.5 Å². The highest BCUT2D eigenvalue weighted by Gasteiger charge is 2.26. The summed E-state index contributed by atoms with van der Waals surface area (Å²) in [6.45, 7) is 14.1. The van der Waals surface area contributed by atoms with Crippen molar-refractivity contribution in [1.82, 2.24) is 19.9 Å². The van der Waals surface area contributed by atoms with Gasteiger partial charge in [0.15, 0.2) is 5.82 Å². The first-order valence-corrected chi connectivity index (χ1v) is 9.58. The standard InChI is InChI=1S/C20H30N4O2/c1-5-25-18-8-6-17(7-9-18)14-23-10-12-24(13-11-23)16(4)20-21-19(15(2)3)22-26-20/h6-9,15-16H,5,10-14H2,1-4H3. The SMILES string of the molecule is CCOc1ccc(CN2CCN(C(C)c3nc(C(C)C)no3)CC2)cc1. The monoisotopic (exact) mass is 358 g/mol. The summed E-state index contributed by atoms with van der Waals surface area (Å²) in [5.74, 6) is 2.76. The molecule has 1 fully saturated rings. The van der Waals surface area contributed by atoms with Crippen molar-refractivity contribution in [2.24, 2.45) is 0 Å². The average molecular weight is 358 g/mol. The molecule has 1 unspecified atom stereocenters. The van der Waals surface area contributed by atoms with Crippen molar-refractivity contribution < 1.29 is 9.26 Å². The van der Waals surface area contributed by atoms with Crippen LogP contribution in [0.1, 0.15) is 56.9 Å². The maximum absolute atomic E-state index is 5.51. The van der Waals surface area contributed by atoms with E-state index in [9.17, 15) is 0 Å². The lowest BCUT2D eigenvalue weighted by atomic mass is 10.1. The van der Waals surface area contributed by atoms with Crippen LogP contribution in [-0.2, 0) is 6.54 Å².